The molecule has 1 aromatic carbocycles. The predicted octanol–water partition coefficient (Wildman–Crippen LogP) is 4.86. The first-order chi connectivity index (χ1) is 19.3. The third kappa shape index (κ3) is 4.16. The number of rotatable bonds is 5. The van der Waals surface area contributed by atoms with Crippen molar-refractivity contribution in [2.24, 2.45) is 17.3 Å². The molecule has 3 aliphatic carbocycles. The summed E-state index contributed by atoms with van der Waals surface area (Å²) < 4.78 is 62.3. The smallest absolute Gasteiger partial charge is 0.421 e. The Morgan fingerprint density at radius 3 is 2.56 bits per heavy atom. The summed E-state index contributed by atoms with van der Waals surface area (Å²) in [6.07, 6.45) is 1.13. The number of benzene rings is 1. The molecule has 5 aliphatic rings. The average molecular weight is 574 g/mol. The van der Waals surface area contributed by atoms with Crippen molar-refractivity contribution >= 4 is 18.0 Å². The molecule has 6 atom stereocenters. The summed E-state index contributed by atoms with van der Waals surface area (Å²) in [6.45, 7) is 2.19. The molecular formula is C31H36F3N2O5+. The Bertz CT molecular complexity index is 1370. The standard InChI is InChI=1S/C31H35F3N2O5/c1-18(37)40-24-17-26(39-4)30(35-28(38)22(31(32,33)34)15-19-9-6-5-7-10-19)27-20(24)16-23-21-11-8-12-25(41-30)29(21,27)13-14-36(23,2)3/h5-7,9-10,15,17,21,23,25,27H,8,11-14,16H2,1-4H3/p+1/t21-,23+,25-,27?,29+,30?/m0/s1. The number of alkyl halides is 3. The van der Waals surface area contributed by atoms with E-state index in [0.717, 1.165) is 48.4 Å². The Morgan fingerprint density at radius 1 is 1.17 bits per heavy atom. The Kier molecular flexibility index (Phi) is 6.46. The van der Waals surface area contributed by atoms with E-state index in [1.807, 2.05) is 0 Å². The number of esters is 1. The van der Waals surface area contributed by atoms with Crippen molar-refractivity contribution in [1.29, 1.82) is 0 Å². The van der Waals surface area contributed by atoms with Crippen LogP contribution in [0.25, 0.3) is 6.08 Å². The van der Waals surface area contributed by atoms with E-state index in [4.69, 9.17) is 14.2 Å². The van der Waals surface area contributed by atoms with Crippen LogP contribution >= 0.6 is 0 Å². The zero-order valence-corrected chi connectivity index (χ0v) is 23.7. The third-order valence-electron chi connectivity index (χ3n) is 10.2. The Hall–Kier alpha value is -3.11. The summed E-state index contributed by atoms with van der Waals surface area (Å²) >= 11 is 0. The minimum Gasteiger partial charge on any atom is -0.496 e. The van der Waals surface area contributed by atoms with Crippen LogP contribution in [0.15, 0.2) is 59.1 Å². The molecular weight excluding hydrogens is 537 g/mol. The fourth-order valence-corrected chi connectivity index (χ4v) is 8.63. The van der Waals surface area contributed by atoms with Crippen molar-refractivity contribution in [2.75, 3.05) is 27.7 Å². The molecule has 2 saturated carbocycles. The summed E-state index contributed by atoms with van der Waals surface area (Å²) in [6, 6.07) is 8.17. The molecule has 2 aliphatic heterocycles. The van der Waals surface area contributed by atoms with E-state index in [1.165, 1.54) is 32.2 Å². The van der Waals surface area contributed by atoms with Crippen LogP contribution in [0.4, 0.5) is 13.2 Å². The molecule has 220 valence electrons. The maximum absolute atomic E-state index is 14.4. The van der Waals surface area contributed by atoms with Gasteiger partial charge in [-0.3, -0.25) is 9.59 Å². The monoisotopic (exact) mass is 573 g/mol. The van der Waals surface area contributed by atoms with E-state index in [0.29, 0.717) is 12.2 Å². The Morgan fingerprint density at radius 2 is 1.90 bits per heavy atom. The van der Waals surface area contributed by atoms with Gasteiger partial charge in [0.2, 0.25) is 5.72 Å². The minimum atomic E-state index is -4.92. The van der Waals surface area contributed by atoms with Crippen molar-refractivity contribution < 1.29 is 41.5 Å². The molecule has 0 aromatic heterocycles. The molecule has 1 spiro atoms. The topological polar surface area (TPSA) is 73.9 Å². The molecule has 2 unspecified atom stereocenters. The highest BCUT2D eigenvalue weighted by molar-refractivity contribution is 5.99. The Labute approximate surface area is 237 Å². The van der Waals surface area contributed by atoms with E-state index < -0.39 is 40.7 Å². The molecule has 4 fully saturated rings. The van der Waals surface area contributed by atoms with E-state index in [9.17, 15) is 22.8 Å². The molecule has 2 saturated heterocycles. The molecule has 1 amide bonds. The van der Waals surface area contributed by atoms with Crippen LogP contribution in [0.2, 0.25) is 0 Å². The number of ether oxygens (including phenoxy) is 3. The summed E-state index contributed by atoms with van der Waals surface area (Å²) in [7, 11) is 5.82. The Balaban J connectivity index is 1.52. The highest BCUT2D eigenvalue weighted by Crippen LogP contribution is 2.71. The van der Waals surface area contributed by atoms with Crippen molar-refractivity contribution in [1.82, 2.24) is 5.32 Å². The normalized spacial score (nSPS) is 35.3. The van der Waals surface area contributed by atoms with Crippen LogP contribution in [0.3, 0.4) is 0 Å². The lowest BCUT2D eigenvalue weighted by Crippen LogP contribution is -2.71. The number of allylic oxidation sites excluding steroid dienone is 1. The molecule has 41 heavy (non-hydrogen) atoms. The molecule has 7 nitrogen and oxygen atoms in total. The average Bonchev–Trinajstić information content (AvgIpc) is 3.19. The number of nitrogens with zero attached hydrogens (tertiary/aromatic N) is 1. The quantitative estimate of drug-likeness (QED) is 0.310. The lowest BCUT2D eigenvalue weighted by atomic mass is 9.46. The fourth-order valence-electron chi connectivity index (χ4n) is 8.63. The van der Waals surface area contributed by atoms with Crippen LogP contribution < -0.4 is 5.32 Å². The van der Waals surface area contributed by atoms with Gasteiger partial charge in [0.15, 0.2) is 5.76 Å². The lowest BCUT2D eigenvalue weighted by molar-refractivity contribution is -0.929. The van der Waals surface area contributed by atoms with E-state index in [-0.39, 0.29) is 29.4 Å². The lowest BCUT2D eigenvalue weighted by Gasteiger charge is -2.63. The number of nitrogens with one attached hydrogen (secondary N) is 1. The fraction of sp³-hybridized carbons (Fsp3) is 0.548. The number of amides is 1. The van der Waals surface area contributed by atoms with Crippen molar-refractivity contribution in [3.8, 4) is 0 Å². The molecule has 6 rings (SSSR count). The first kappa shape index (κ1) is 28.0. The van der Waals surface area contributed by atoms with Gasteiger partial charge >= 0.3 is 12.1 Å². The van der Waals surface area contributed by atoms with E-state index in [1.54, 1.807) is 18.2 Å². The van der Waals surface area contributed by atoms with Gasteiger partial charge in [-0.25, -0.2) is 0 Å². The van der Waals surface area contributed by atoms with Crippen LogP contribution in [0, 0.1) is 17.3 Å². The second-order valence-electron chi connectivity index (χ2n) is 12.6. The first-order valence-electron chi connectivity index (χ1n) is 14.2. The van der Waals surface area contributed by atoms with Crippen molar-refractivity contribution in [3.05, 3.63) is 64.6 Å². The number of carbonyl (C=O) groups is 2. The van der Waals surface area contributed by atoms with Gasteiger partial charge in [0.25, 0.3) is 5.91 Å². The van der Waals surface area contributed by atoms with Crippen molar-refractivity contribution in [2.45, 2.75) is 63.1 Å². The maximum Gasteiger partial charge on any atom is 0.421 e. The number of piperidine rings is 1. The predicted molar refractivity (Wildman–Crippen MR) is 143 cm³/mol. The van der Waals surface area contributed by atoms with Crippen molar-refractivity contribution in [3.63, 3.8) is 0 Å². The summed E-state index contributed by atoms with van der Waals surface area (Å²) in [5, 5.41) is 2.73. The van der Waals surface area contributed by atoms with Gasteiger partial charge in [0.1, 0.15) is 11.3 Å². The summed E-state index contributed by atoms with van der Waals surface area (Å²) in [5.41, 5.74) is -2.38. The number of carbonyl (C=O) groups excluding carboxylic acids is 2. The largest absolute Gasteiger partial charge is 0.496 e. The number of halogens is 3. The first-order valence-corrected chi connectivity index (χ1v) is 14.2. The second kappa shape index (κ2) is 9.46. The molecule has 10 heteroatoms. The van der Waals surface area contributed by atoms with Crippen LogP contribution in [-0.4, -0.2) is 68.2 Å². The van der Waals surface area contributed by atoms with E-state index in [2.05, 4.69) is 19.4 Å². The highest BCUT2D eigenvalue weighted by Gasteiger charge is 2.77. The van der Waals surface area contributed by atoms with Gasteiger partial charge in [-0.05, 0) is 30.1 Å². The van der Waals surface area contributed by atoms with Gasteiger partial charge in [0, 0.05) is 43.1 Å². The van der Waals surface area contributed by atoms with Gasteiger partial charge < -0.3 is 24.0 Å². The van der Waals surface area contributed by atoms with Gasteiger partial charge in [-0.1, -0.05) is 36.8 Å². The van der Waals surface area contributed by atoms with Crippen LogP contribution in [0.5, 0.6) is 0 Å². The zero-order chi connectivity index (χ0) is 29.4. The van der Waals surface area contributed by atoms with Gasteiger partial charge in [-0.15, -0.1) is 0 Å². The molecule has 0 radical (unpaired) electrons. The molecule has 2 bridgehead atoms. The zero-order valence-electron chi connectivity index (χ0n) is 23.7. The SMILES string of the molecule is COC1=CC(OC(C)=O)=C2C[C@@H]3[C@@H]4CCC[C@@H]5OC1(NC(=O)C(=Cc1ccccc1)C(F)(F)F)C2[C@@]54CC[N+]3(C)C. The number of likely N-dealkylation sites (tertiary alicyclic amines) is 1. The molecule has 1 aromatic rings. The highest BCUT2D eigenvalue weighted by atomic mass is 19.4. The van der Waals surface area contributed by atoms with Crippen LogP contribution in [0.1, 0.15) is 44.6 Å². The molecule has 1 N–H and O–H groups in total. The summed E-state index contributed by atoms with van der Waals surface area (Å²) in [5.74, 6) is -1.61. The van der Waals surface area contributed by atoms with Gasteiger partial charge in [-0.2, -0.15) is 13.2 Å². The minimum absolute atomic E-state index is 0.136. The number of hydrogen-bond donors (Lipinski definition) is 1. The van der Waals surface area contributed by atoms with Gasteiger partial charge in [0.05, 0.1) is 39.9 Å². The van der Waals surface area contributed by atoms with E-state index >= 15 is 0 Å². The number of hydrogen-bond acceptors (Lipinski definition) is 5. The molecule has 2 heterocycles. The maximum atomic E-state index is 14.4. The summed E-state index contributed by atoms with van der Waals surface area (Å²) in [4.78, 5) is 25.9. The second-order valence-corrected chi connectivity index (χ2v) is 12.6. The number of quaternary nitrogens is 1. The third-order valence-corrected chi connectivity index (χ3v) is 10.2. The number of methoxy groups -OCH3 is 1. The van der Waals surface area contributed by atoms with Crippen LogP contribution in [-0.2, 0) is 23.8 Å².